The van der Waals surface area contributed by atoms with Crippen LogP contribution in [-0.4, -0.2) is 14.1 Å². The van der Waals surface area contributed by atoms with Gasteiger partial charge in [-0.2, -0.15) is 0 Å². The van der Waals surface area contributed by atoms with Crippen LogP contribution in [0.3, 0.4) is 0 Å². The van der Waals surface area contributed by atoms with Crippen molar-refractivity contribution in [2.24, 2.45) is 7.05 Å². The predicted octanol–water partition coefficient (Wildman–Crippen LogP) is 16.1. The molecule has 5 nitrogen and oxygen atoms in total. The molecule has 0 saturated heterocycles. The molecule has 5 heteroatoms. The Bertz CT molecular complexity index is 3410. The molecule has 9 aromatic carbocycles. The minimum Gasteiger partial charge on any atom is -0.342 e. The summed E-state index contributed by atoms with van der Waals surface area (Å²) in [5, 5.41) is 4.92. The van der Waals surface area contributed by atoms with Crippen LogP contribution in [0.1, 0.15) is 0 Å². The molecule has 3 heterocycles. The van der Waals surface area contributed by atoms with Crippen molar-refractivity contribution < 1.29 is 0 Å². The van der Waals surface area contributed by atoms with Gasteiger partial charge in [0.2, 0.25) is 0 Å². The van der Waals surface area contributed by atoms with E-state index in [0.29, 0.717) is 0 Å². The van der Waals surface area contributed by atoms with Gasteiger partial charge >= 0.3 is 0 Å². The van der Waals surface area contributed by atoms with Gasteiger partial charge in [0.05, 0.1) is 33.6 Å². The molecule has 0 amide bonds. The van der Waals surface area contributed by atoms with Crippen molar-refractivity contribution >= 4 is 77.7 Å². The van der Waals surface area contributed by atoms with Gasteiger partial charge in [-0.05, 0) is 97.1 Å². The number of rotatable bonds is 9. The summed E-state index contributed by atoms with van der Waals surface area (Å²) in [4.78, 5) is 10.1. The number of benzene rings is 9. The van der Waals surface area contributed by atoms with E-state index in [2.05, 4.69) is 269 Å². The molecule has 0 aliphatic rings. The van der Waals surface area contributed by atoms with Crippen molar-refractivity contribution in [3.63, 3.8) is 0 Å². The Balaban J connectivity index is 1.06. The molecule has 0 atom stereocenters. The van der Waals surface area contributed by atoms with Gasteiger partial charge in [-0.1, -0.05) is 146 Å². The van der Waals surface area contributed by atoms with Crippen LogP contribution in [-0.2, 0) is 7.05 Å². The number of fused-ring (bicyclic) bond motifs is 7. The van der Waals surface area contributed by atoms with E-state index in [1.807, 2.05) is 0 Å². The molecule has 0 saturated carbocycles. The van der Waals surface area contributed by atoms with Crippen LogP contribution >= 0.6 is 0 Å². The number of para-hydroxylation sites is 6. The lowest BCUT2D eigenvalue weighted by Gasteiger charge is -2.25. The van der Waals surface area contributed by atoms with E-state index in [9.17, 15) is 0 Å². The highest BCUT2D eigenvalue weighted by Gasteiger charge is 2.21. The normalized spacial score (nSPS) is 11.5. The van der Waals surface area contributed by atoms with E-state index in [-0.39, 0.29) is 0 Å². The minimum atomic E-state index is 0.893. The lowest BCUT2D eigenvalue weighted by molar-refractivity contribution is 1.01. The number of hydrogen-bond donors (Lipinski definition) is 0. The fourth-order valence-corrected chi connectivity index (χ4v) is 9.69. The molecule has 0 unspecified atom stereocenters. The van der Waals surface area contributed by atoms with Gasteiger partial charge in [0.15, 0.2) is 0 Å². The average molecular weight is 834 g/mol. The standard InChI is InChI=1S/C60H43N5/c1-62-57-28-16-14-26-51(57)53-38-39-54-52-27-15-17-29-58(52)65(60(54)59(53)62)50-40-55(42-30-34-48(35-31-42)63(44-18-6-2-7-19-44)45-20-8-3-9-21-45)61-56(41-50)43-32-36-49(37-33-43)64(46-22-10-4-11-23-46)47-24-12-5-13-25-47/h2-41H,1H3. The Hall–Kier alpha value is -8.67. The Kier molecular flexibility index (Phi) is 9.31. The molecule has 0 aliphatic heterocycles. The Labute approximate surface area is 378 Å². The summed E-state index contributed by atoms with van der Waals surface area (Å²) >= 11 is 0. The SMILES string of the molecule is Cn1c2ccccc2c2ccc3c4ccccc4n(-c4cc(-c5ccc(N(c6ccccc6)c6ccccc6)cc5)nc(-c5ccc(N(c6ccccc6)c6ccccc6)cc5)c4)c3c21. The first-order chi connectivity index (χ1) is 32.2. The van der Waals surface area contributed by atoms with Crippen LogP contribution in [0.25, 0.3) is 71.8 Å². The van der Waals surface area contributed by atoms with E-state index >= 15 is 0 Å². The first kappa shape index (κ1) is 38.0. The van der Waals surface area contributed by atoms with E-state index in [1.165, 1.54) is 38.1 Å². The third kappa shape index (κ3) is 6.61. The Morgan fingerprint density at radius 3 is 1.12 bits per heavy atom. The van der Waals surface area contributed by atoms with Crippen LogP contribution in [0.5, 0.6) is 0 Å². The van der Waals surface area contributed by atoms with Crippen molar-refractivity contribution in [1.29, 1.82) is 0 Å². The van der Waals surface area contributed by atoms with Crippen molar-refractivity contribution in [2.75, 3.05) is 9.80 Å². The fourth-order valence-electron chi connectivity index (χ4n) is 9.69. The number of aromatic nitrogens is 3. The molecule has 0 aliphatic carbocycles. The topological polar surface area (TPSA) is 29.2 Å². The summed E-state index contributed by atoms with van der Waals surface area (Å²) in [5.74, 6) is 0. The Morgan fingerprint density at radius 1 is 0.323 bits per heavy atom. The summed E-state index contributed by atoms with van der Waals surface area (Å²) in [6.07, 6.45) is 0. The first-order valence-corrected chi connectivity index (χ1v) is 22.1. The molecule has 308 valence electrons. The molecule has 0 radical (unpaired) electrons. The van der Waals surface area contributed by atoms with Gasteiger partial charge in [0.1, 0.15) is 0 Å². The molecule has 0 N–H and O–H groups in total. The van der Waals surface area contributed by atoms with E-state index < -0.39 is 0 Å². The largest absolute Gasteiger partial charge is 0.342 e. The summed E-state index contributed by atoms with van der Waals surface area (Å²) in [6, 6.07) is 86.5. The zero-order valence-corrected chi connectivity index (χ0v) is 35.8. The second-order valence-corrected chi connectivity index (χ2v) is 16.5. The lowest BCUT2D eigenvalue weighted by Crippen LogP contribution is -2.09. The molecule has 0 bridgehead atoms. The third-order valence-corrected chi connectivity index (χ3v) is 12.7. The monoisotopic (exact) mass is 833 g/mol. The first-order valence-electron chi connectivity index (χ1n) is 22.1. The van der Waals surface area contributed by atoms with E-state index in [0.717, 1.165) is 67.8 Å². The van der Waals surface area contributed by atoms with Gasteiger partial charge < -0.3 is 18.9 Å². The smallest absolute Gasteiger partial charge is 0.0785 e. The van der Waals surface area contributed by atoms with Gasteiger partial charge in [0.25, 0.3) is 0 Å². The van der Waals surface area contributed by atoms with Crippen LogP contribution in [0.2, 0.25) is 0 Å². The maximum absolute atomic E-state index is 5.49. The second-order valence-electron chi connectivity index (χ2n) is 16.5. The second kappa shape index (κ2) is 15.9. The highest BCUT2D eigenvalue weighted by Crippen LogP contribution is 2.42. The van der Waals surface area contributed by atoms with Crippen LogP contribution in [0.15, 0.2) is 243 Å². The highest BCUT2D eigenvalue weighted by molar-refractivity contribution is 6.23. The molecule has 12 aromatic rings. The molecule has 0 spiro atoms. The van der Waals surface area contributed by atoms with Crippen molar-refractivity contribution in [3.8, 4) is 28.2 Å². The summed E-state index contributed by atoms with van der Waals surface area (Å²) < 4.78 is 4.82. The quantitative estimate of drug-likeness (QED) is 0.145. The highest BCUT2D eigenvalue weighted by atomic mass is 15.1. The summed E-state index contributed by atoms with van der Waals surface area (Å²) in [7, 11) is 2.20. The summed E-state index contributed by atoms with van der Waals surface area (Å²) in [6.45, 7) is 0. The molecular weight excluding hydrogens is 791 g/mol. The minimum absolute atomic E-state index is 0.893. The Morgan fingerprint density at radius 2 is 0.677 bits per heavy atom. The van der Waals surface area contributed by atoms with Crippen molar-refractivity contribution in [2.45, 2.75) is 0 Å². The molecule has 3 aromatic heterocycles. The average Bonchev–Trinajstić information content (AvgIpc) is 3.87. The van der Waals surface area contributed by atoms with Gasteiger partial charge in [-0.15, -0.1) is 0 Å². The van der Waals surface area contributed by atoms with E-state index in [4.69, 9.17) is 4.98 Å². The van der Waals surface area contributed by atoms with Crippen LogP contribution in [0.4, 0.5) is 34.1 Å². The summed E-state index contributed by atoms with van der Waals surface area (Å²) in [5.41, 5.74) is 16.2. The number of anilines is 6. The van der Waals surface area contributed by atoms with E-state index in [1.54, 1.807) is 0 Å². The molecule has 65 heavy (non-hydrogen) atoms. The third-order valence-electron chi connectivity index (χ3n) is 12.7. The van der Waals surface area contributed by atoms with Gasteiger partial charge in [0, 0.05) is 79.4 Å². The molecule has 0 fully saturated rings. The van der Waals surface area contributed by atoms with Crippen molar-refractivity contribution in [1.82, 2.24) is 14.1 Å². The zero-order valence-electron chi connectivity index (χ0n) is 35.8. The lowest BCUT2D eigenvalue weighted by atomic mass is 10.0. The molecular formula is C60H43N5. The van der Waals surface area contributed by atoms with Crippen LogP contribution in [0, 0.1) is 0 Å². The number of aryl methyl sites for hydroxylation is 1. The maximum atomic E-state index is 5.49. The van der Waals surface area contributed by atoms with Crippen molar-refractivity contribution in [3.05, 3.63) is 243 Å². The van der Waals surface area contributed by atoms with Gasteiger partial charge in [-0.25, -0.2) is 4.98 Å². The van der Waals surface area contributed by atoms with Gasteiger partial charge in [-0.3, -0.25) is 0 Å². The maximum Gasteiger partial charge on any atom is 0.0785 e. The number of nitrogens with zero attached hydrogens (tertiary/aromatic N) is 5. The number of pyridine rings is 1. The fraction of sp³-hybridized carbons (Fsp3) is 0.0167. The predicted molar refractivity (Wildman–Crippen MR) is 273 cm³/mol. The van der Waals surface area contributed by atoms with Crippen LogP contribution < -0.4 is 9.80 Å². The zero-order chi connectivity index (χ0) is 43.3. The number of hydrogen-bond acceptors (Lipinski definition) is 3. The molecule has 12 rings (SSSR count).